The van der Waals surface area contributed by atoms with Gasteiger partial charge < -0.3 is 14.7 Å². The monoisotopic (exact) mass is 599 g/mol. The van der Waals surface area contributed by atoms with E-state index in [0.29, 0.717) is 31.5 Å². The minimum Gasteiger partial charge on any atom is -0.396 e. The maximum atomic E-state index is 14.3. The van der Waals surface area contributed by atoms with E-state index in [1.807, 2.05) is 96.0 Å². The minimum atomic E-state index is -1.03. The fourth-order valence-corrected chi connectivity index (χ4v) is 7.42. The summed E-state index contributed by atoms with van der Waals surface area (Å²) in [5.41, 5.74) is 4.89. The van der Waals surface area contributed by atoms with Gasteiger partial charge >= 0.3 is 0 Å². The second-order valence-corrected chi connectivity index (χ2v) is 12.2. The molecule has 1 fully saturated rings. The Labute approximate surface area is 260 Å². The van der Waals surface area contributed by atoms with Crippen LogP contribution in [0.5, 0.6) is 0 Å². The highest BCUT2D eigenvalue weighted by Crippen LogP contribution is 2.54. The van der Waals surface area contributed by atoms with E-state index in [4.69, 9.17) is 4.74 Å². The lowest BCUT2D eigenvalue weighted by atomic mass is 9.83. The molecule has 1 saturated heterocycles. The average molecular weight is 600 g/mol. The number of nitrogens with zero attached hydrogens (tertiary/aromatic N) is 5. The van der Waals surface area contributed by atoms with E-state index >= 15 is 0 Å². The van der Waals surface area contributed by atoms with Crippen molar-refractivity contribution in [1.29, 1.82) is 0 Å². The van der Waals surface area contributed by atoms with Gasteiger partial charge in [0.15, 0.2) is 5.60 Å². The molecular weight excluding hydrogens is 566 g/mol. The first-order chi connectivity index (χ1) is 22.0. The third-order valence-corrected chi connectivity index (χ3v) is 9.55. The van der Waals surface area contributed by atoms with E-state index in [0.717, 1.165) is 51.1 Å². The molecule has 9 heteroatoms. The molecule has 8 rings (SSSR count). The Bertz CT molecular complexity index is 1950. The van der Waals surface area contributed by atoms with Gasteiger partial charge in [-0.05, 0) is 54.1 Å². The van der Waals surface area contributed by atoms with E-state index in [1.54, 1.807) is 9.58 Å². The van der Waals surface area contributed by atoms with Crippen molar-refractivity contribution in [1.82, 2.24) is 15.0 Å². The number of aliphatic hydroxyl groups is 1. The largest absolute Gasteiger partial charge is 0.396 e. The molecule has 4 aromatic carbocycles. The molecule has 3 atom stereocenters. The molecule has 0 radical (unpaired) electrons. The zero-order chi connectivity index (χ0) is 30.7. The van der Waals surface area contributed by atoms with Crippen LogP contribution in [0.4, 0.5) is 17.1 Å². The number of aliphatic hydroxyl groups excluding tert-OH is 1. The van der Waals surface area contributed by atoms with Crippen molar-refractivity contribution in [3.63, 3.8) is 0 Å². The number of anilines is 3. The van der Waals surface area contributed by atoms with Crippen LogP contribution < -0.4 is 9.80 Å². The van der Waals surface area contributed by atoms with Crippen LogP contribution >= 0.6 is 0 Å². The number of aryl methyl sites for hydroxylation is 1. The van der Waals surface area contributed by atoms with Gasteiger partial charge in [0.1, 0.15) is 0 Å². The Kier molecular flexibility index (Phi) is 6.54. The van der Waals surface area contributed by atoms with Gasteiger partial charge in [-0.15, -0.1) is 5.10 Å². The average Bonchev–Trinajstić information content (AvgIpc) is 3.79. The highest BCUT2D eigenvalue weighted by atomic mass is 16.5. The van der Waals surface area contributed by atoms with Crippen molar-refractivity contribution in [2.75, 3.05) is 16.4 Å². The summed E-state index contributed by atoms with van der Waals surface area (Å²) in [4.78, 5) is 31.4. The first kappa shape index (κ1) is 27.7. The van der Waals surface area contributed by atoms with E-state index in [9.17, 15) is 14.7 Å². The summed E-state index contributed by atoms with van der Waals surface area (Å²) in [6.45, 7) is 3.16. The Morgan fingerprint density at radius 1 is 0.956 bits per heavy atom. The van der Waals surface area contributed by atoms with Gasteiger partial charge in [-0.2, -0.15) is 0 Å². The third-order valence-electron chi connectivity index (χ3n) is 9.55. The minimum absolute atomic E-state index is 0.00487. The van der Waals surface area contributed by atoms with Gasteiger partial charge in [0.25, 0.3) is 11.8 Å². The van der Waals surface area contributed by atoms with E-state index in [2.05, 4.69) is 17.2 Å². The summed E-state index contributed by atoms with van der Waals surface area (Å²) in [5.74, 6) is -0.0724. The summed E-state index contributed by atoms with van der Waals surface area (Å²) >= 11 is 0. The lowest BCUT2D eigenvalue weighted by Gasteiger charge is -2.28. The number of carbonyl (C=O) groups is 2. The second kappa shape index (κ2) is 10.6. The second-order valence-electron chi connectivity index (χ2n) is 12.2. The van der Waals surface area contributed by atoms with E-state index < -0.39 is 5.60 Å². The Hall–Kier alpha value is -4.86. The molecule has 0 bridgehead atoms. The normalized spacial score (nSPS) is 21.9. The van der Waals surface area contributed by atoms with Gasteiger partial charge in [0, 0.05) is 48.3 Å². The molecule has 0 unspecified atom stereocenters. The van der Waals surface area contributed by atoms with Gasteiger partial charge in [-0.1, -0.05) is 66.7 Å². The molecule has 0 saturated carbocycles. The fourth-order valence-electron chi connectivity index (χ4n) is 7.42. The SMILES string of the molecule is C[C@@H]1C[C@H](CCn2cc(CCO)nn2)O[C@@]12C(=O)N(Cc1ccc(N3C(=O)c4cccc5cccc3c45)cc1)c1ccccc12. The molecule has 9 nitrogen and oxygen atoms in total. The van der Waals surface area contributed by atoms with Gasteiger partial charge in [-0.3, -0.25) is 19.2 Å². The number of carbonyl (C=O) groups excluding carboxylic acids is 2. The van der Waals surface area contributed by atoms with Gasteiger partial charge in [0.05, 0.1) is 35.3 Å². The Morgan fingerprint density at radius 2 is 1.73 bits per heavy atom. The predicted molar refractivity (Wildman–Crippen MR) is 170 cm³/mol. The summed E-state index contributed by atoms with van der Waals surface area (Å²) in [5, 5.41) is 19.5. The van der Waals surface area contributed by atoms with Crippen LogP contribution in [0.3, 0.4) is 0 Å². The zero-order valence-electron chi connectivity index (χ0n) is 25.0. The molecule has 1 N–H and O–H groups in total. The van der Waals surface area contributed by atoms with Crippen LogP contribution in [0.15, 0.2) is 91.1 Å². The van der Waals surface area contributed by atoms with Crippen molar-refractivity contribution < 1.29 is 19.4 Å². The summed E-state index contributed by atoms with van der Waals surface area (Å²) < 4.78 is 8.50. The van der Waals surface area contributed by atoms with Crippen LogP contribution in [-0.4, -0.2) is 44.6 Å². The zero-order valence-corrected chi connectivity index (χ0v) is 25.0. The molecule has 5 aromatic rings. The number of amides is 2. The molecular formula is C36H33N5O4. The molecule has 1 spiro atoms. The number of fused-ring (bicyclic) bond motifs is 2. The highest BCUT2D eigenvalue weighted by molar-refractivity contribution is 6.27. The molecule has 3 aliphatic rings. The topological polar surface area (TPSA) is 101 Å². The van der Waals surface area contributed by atoms with Crippen LogP contribution in [0.1, 0.15) is 46.9 Å². The van der Waals surface area contributed by atoms with Crippen molar-refractivity contribution >= 4 is 39.6 Å². The number of aromatic nitrogens is 3. The van der Waals surface area contributed by atoms with Gasteiger partial charge in [-0.25, -0.2) is 0 Å². The Morgan fingerprint density at radius 3 is 2.56 bits per heavy atom. The summed E-state index contributed by atoms with van der Waals surface area (Å²) in [6, 6.07) is 27.7. The predicted octanol–water partition coefficient (Wildman–Crippen LogP) is 5.52. The lowest BCUT2D eigenvalue weighted by molar-refractivity contribution is -0.146. The number of para-hydroxylation sites is 1. The molecule has 45 heavy (non-hydrogen) atoms. The maximum absolute atomic E-state index is 14.3. The van der Waals surface area contributed by atoms with E-state index in [1.165, 1.54) is 0 Å². The number of rotatable bonds is 8. The molecule has 226 valence electrons. The van der Waals surface area contributed by atoms with Crippen molar-refractivity contribution in [2.24, 2.45) is 5.92 Å². The molecule has 3 aliphatic heterocycles. The lowest BCUT2D eigenvalue weighted by Crippen LogP contribution is -2.43. The quantitative estimate of drug-likeness (QED) is 0.252. The summed E-state index contributed by atoms with van der Waals surface area (Å²) in [7, 11) is 0. The van der Waals surface area contributed by atoms with Crippen molar-refractivity contribution in [3.05, 3.63) is 114 Å². The van der Waals surface area contributed by atoms with E-state index in [-0.39, 0.29) is 30.4 Å². The molecule has 1 aromatic heterocycles. The molecule has 4 heterocycles. The number of ether oxygens (including phenoxy) is 1. The van der Waals surface area contributed by atoms with Crippen LogP contribution in [0.25, 0.3) is 10.8 Å². The van der Waals surface area contributed by atoms with Crippen molar-refractivity contribution in [2.45, 2.75) is 51.0 Å². The summed E-state index contributed by atoms with van der Waals surface area (Å²) in [6.07, 6.45) is 3.70. The van der Waals surface area contributed by atoms with Crippen LogP contribution in [0.2, 0.25) is 0 Å². The number of hydrogen-bond acceptors (Lipinski definition) is 6. The number of benzene rings is 4. The fraction of sp³-hybridized carbons (Fsp3) is 0.278. The Balaban J connectivity index is 1.02. The highest BCUT2D eigenvalue weighted by Gasteiger charge is 2.59. The maximum Gasteiger partial charge on any atom is 0.264 e. The van der Waals surface area contributed by atoms with Crippen LogP contribution in [-0.2, 0) is 34.6 Å². The van der Waals surface area contributed by atoms with Gasteiger partial charge in [0.2, 0.25) is 0 Å². The molecule has 2 amide bonds. The molecule has 0 aliphatic carbocycles. The standard InChI is InChI=1S/C36H33N5O4/c1-23-20-28(16-18-39-22-26(17-19-42)37-38-39)45-36(23)30-9-2-3-10-31(30)40(35(36)44)21-24-12-14-27(15-13-24)41-32-11-5-7-25-6-4-8-29(33(25)32)34(41)43/h2-15,22-23,28,42H,16-21H2,1H3/t23-,28+,36+/m1/s1. The van der Waals surface area contributed by atoms with Crippen molar-refractivity contribution in [3.8, 4) is 0 Å². The first-order valence-electron chi connectivity index (χ1n) is 15.5. The first-order valence-corrected chi connectivity index (χ1v) is 15.5. The smallest absolute Gasteiger partial charge is 0.264 e. The third kappa shape index (κ3) is 4.29. The van der Waals surface area contributed by atoms with Crippen LogP contribution in [0, 0.1) is 5.92 Å². The number of hydrogen-bond donors (Lipinski definition) is 1.